The van der Waals surface area contributed by atoms with E-state index in [1.54, 1.807) is 0 Å². The molecule has 0 saturated heterocycles. The number of nitrogens with zero attached hydrogens (tertiary/aromatic N) is 1. The fraction of sp³-hybridized carbons (Fsp3) is 0.200. The lowest BCUT2D eigenvalue weighted by atomic mass is 10.1. The van der Waals surface area contributed by atoms with Crippen molar-refractivity contribution >= 4 is 23.7 Å². The minimum atomic E-state index is -3.41. The summed E-state index contributed by atoms with van der Waals surface area (Å²) >= 11 is -0.242. The van der Waals surface area contributed by atoms with E-state index in [0.717, 1.165) is 17.2 Å². The molecular formula is C10H7F2NO4S. The Labute approximate surface area is 104 Å². The van der Waals surface area contributed by atoms with Gasteiger partial charge in [0.2, 0.25) is 0 Å². The van der Waals surface area contributed by atoms with Crippen LogP contribution >= 0.6 is 11.8 Å². The van der Waals surface area contributed by atoms with Gasteiger partial charge in [-0.05, 0) is 17.8 Å². The topological polar surface area (TPSA) is 77.8 Å². The number of thioether (sulfide) groups is 1. The predicted molar refractivity (Wildman–Crippen MR) is 58.7 cm³/mol. The number of hydrogen-bond acceptors (Lipinski definition) is 4. The van der Waals surface area contributed by atoms with Crippen LogP contribution in [-0.2, 0) is 9.59 Å². The summed E-state index contributed by atoms with van der Waals surface area (Å²) in [5.41, 5.74) is -0.649. The molecule has 1 unspecified atom stereocenters. The van der Waals surface area contributed by atoms with Crippen molar-refractivity contribution in [3.63, 3.8) is 0 Å². The molecule has 0 amide bonds. The third-order valence-corrected chi connectivity index (χ3v) is 3.49. The van der Waals surface area contributed by atoms with E-state index in [0.29, 0.717) is 0 Å². The Bertz CT molecular complexity index is 512. The van der Waals surface area contributed by atoms with Crippen LogP contribution in [0.5, 0.6) is 0 Å². The first-order valence-corrected chi connectivity index (χ1v) is 5.57. The number of rotatable bonds is 2. The van der Waals surface area contributed by atoms with E-state index < -0.39 is 33.8 Å². The zero-order valence-corrected chi connectivity index (χ0v) is 9.53. The number of aliphatic carboxylic acids is 2. The van der Waals surface area contributed by atoms with Crippen molar-refractivity contribution in [2.75, 3.05) is 0 Å². The Morgan fingerprint density at radius 3 is 2.50 bits per heavy atom. The maximum Gasteiger partial charge on any atom is 0.354 e. The number of halogens is 2. The van der Waals surface area contributed by atoms with Crippen LogP contribution in [0.2, 0.25) is 0 Å². The molecule has 2 aliphatic heterocycles. The van der Waals surface area contributed by atoms with Crippen LogP contribution in [0.4, 0.5) is 8.78 Å². The minimum Gasteiger partial charge on any atom is -0.477 e. The van der Waals surface area contributed by atoms with E-state index in [1.165, 1.54) is 12.2 Å². The molecule has 18 heavy (non-hydrogen) atoms. The molecule has 0 aromatic heterocycles. The van der Waals surface area contributed by atoms with E-state index in [4.69, 9.17) is 10.2 Å². The fourth-order valence-corrected chi connectivity index (χ4v) is 2.66. The number of alkyl halides is 2. The molecule has 0 bridgehead atoms. The van der Waals surface area contributed by atoms with Crippen LogP contribution < -0.4 is 0 Å². The highest BCUT2D eigenvalue weighted by atomic mass is 32.2. The van der Waals surface area contributed by atoms with Gasteiger partial charge in [0.1, 0.15) is 16.6 Å². The molecular weight excluding hydrogens is 268 g/mol. The molecule has 0 aliphatic carbocycles. The van der Waals surface area contributed by atoms with Gasteiger partial charge in [0, 0.05) is 6.20 Å². The van der Waals surface area contributed by atoms with E-state index in [9.17, 15) is 18.4 Å². The van der Waals surface area contributed by atoms with Crippen molar-refractivity contribution in [3.05, 3.63) is 35.0 Å². The van der Waals surface area contributed by atoms with Gasteiger partial charge in [0.05, 0.1) is 0 Å². The molecule has 96 valence electrons. The molecule has 0 aromatic rings. The molecule has 5 nitrogen and oxygen atoms in total. The number of carboxylic acids is 2. The molecule has 0 fully saturated rings. The molecule has 2 heterocycles. The van der Waals surface area contributed by atoms with Gasteiger partial charge in [-0.3, -0.25) is 0 Å². The third-order valence-electron chi connectivity index (χ3n) is 2.40. The summed E-state index contributed by atoms with van der Waals surface area (Å²) in [6, 6.07) is -1.50. The van der Waals surface area contributed by atoms with Crippen molar-refractivity contribution in [1.82, 2.24) is 4.90 Å². The Balaban J connectivity index is 2.61. The van der Waals surface area contributed by atoms with Crippen LogP contribution in [0.1, 0.15) is 0 Å². The van der Waals surface area contributed by atoms with Crippen molar-refractivity contribution in [1.29, 1.82) is 0 Å². The monoisotopic (exact) mass is 275 g/mol. The smallest absolute Gasteiger partial charge is 0.354 e. The van der Waals surface area contributed by atoms with Gasteiger partial charge in [-0.25, -0.2) is 9.59 Å². The van der Waals surface area contributed by atoms with Crippen LogP contribution in [0.25, 0.3) is 0 Å². The third kappa shape index (κ3) is 1.88. The summed E-state index contributed by atoms with van der Waals surface area (Å²) in [6.07, 6.45) is 4.99. The van der Waals surface area contributed by atoms with Gasteiger partial charge < -0.3 is 15.1 Å². The maximum atomic E-state index is 13.7. The van der Waals surface area contributed by atoms with Crippen LogP contribution in [0, 0.1) is 0 Å². The summed E-state index contributed by atoms with van der Waals surface area (Å²) < 4.78 is 27.5. The first kappa shape index (κ1) is 12.6. The second kappa shape index (κ2) is 4.13. The molecule has 0 radical (unpaired) electrons. The van der Waals surface area contributed by atoms with E-state index >= 15 is 0 Å². The minimum absolute atomic E-state index is 0.242. The van der Waals surface area contributed by atoms with Crippen LogP contribution in [0.3, 0.4) is 0 Å². The Morgan fingerprint density at radius 2 is 1.94 bits per heavy atom. The molecule has 1 atom stereocenters. The van der Waals surface area contributed by atoms with Gasteiger partial charge in [-0.1, -0.05) is 12.2 Å². The Hall–Kier alpha value is -1.83. The van der Waals surface area contributed by atoms with Gasteiger partial charge in [-0.2, -0.15) is 8.78 Å². The largest absolute Gasteiger partial charge is 0.477 e. The Kier molecular flexibility index (Phi) is 2.89. The molecule has 2 N–H and O–H groups in total. The molecule has 0 spiro atoms. The predicted octanol–water partition coefficient (Wildman–Crippen LogP) is 1.46. The molecule has 2 aliphatic rings. The highest BCUT2D eigenvalue weighted by molar-refractivity contribution is 8.05. The van der Waals surface area contributed by atoms with Gasteiger partial charge in [-0.15, -0.1) is 0 Å². The first-order valence-electron chi connectivity index (χ1n) is 4.75. The lowest BCUT2D eigenvalue weighted by Gasteiger charge is -2.39. The van der Waals surface area contributed by atoms with Crippen molar-refractivity contribution in [3.8, 4) is 0 Å². The highest BCUT2D eigenvalue weighted by Crippen LogP contribution is 2.48. The number of allylic oxidation sites excluding steroid dienone is 2. The lowest BCUT2D eigenvalue weighted by molar-refractivity contribution is -0.137. The van der Waals surface area contributed by atoms with Gasteiger partial charge in [0.25, 0.3) is 0 Å². The zero-order valence-electron chi connectivity index (χ0n) is 8.71. The summed E-state index contributed by atoms with van der Waals surface area (Å²) in [5.74, 6) is -3.24. The molecule has 0 saturated carbocycles. The fourth-order valence-electron chi connectivity index (χ4n) is 1.70. The maximum absolute atomic E-state index is 13.7. The second-order valence-corrected chi connectivity index (χ2v) is 4.69. The lowest BCUT2D eigenvalue weighted by Crippen LogP contribution is -2.48. The average molecular weight is 275 g/mol. The number of carbonyl (C=O) groups is 2. The first-order chi connectivity index (χ1) is 8.34. The van der Waals surface area contributed by atoms with Gasteiger partial charge >= 0.3 is 17.2 Å². The SMILES string of the molecule is O=C(O)C1=C(C(=O)O)N2C=CC=CC2C(F)(F)S1. The molecule has 0 aromatic carbocycles. The standard InChI is InChI=1S/C10H7F2NO4S/c11-10(12)5-3-1-2-4-13(5)6(8(14)15)7(18-10)9(16)17/h1-5H,(H,14,15)(H,16,17). The van der Waals surface area contributed by atoms with Crippen molar-refractivity contribution in [2.45, 2.75) is 11.3 Å². The van der Waals surface area contributed by atoms with Crippen molar-refractivity contribution in [2.24, 2.45) is 0 Å². The second-order valence-electron chi connectivity index (χ2n) is 3.53. The van der Waals surface area contributed by atoms with E-state index in [1.807, 2.05) is 0 Å². The highest BCUT2D eigenvalue weighted by Gasteiger charge is 2.51. The summed E-state index contributed by atoms with van der Waals surface area (Å²) in [5, 5.41) is 14.4. The zero-order chi connectivity index (χ0) is 13.5. The van der Waals surface area contributed by atoms with Crippen LogP contribution in [-0.4, -0.2) is 38.3 Å². The summed E-state index contributed by atoms with van der Waals surface area (Å²) in [6.45, 7) is 0. The normalized spacial score (nSPS) is 25.0. The quantitative estimate of drug-likeness (QED) is 0.794. The van der Waals surface area contributed by atoms with Crippen molar-refractivity contribution < 1.29 is 28.6 Å². The van der Waals surface area contributed by atoms with E-state index in [-0.39, 0.29) is 11.8 Å². The van der Waals surface area contributed by atoms with E-state index in [2.05, 4.69) is 0 Å². The summed E-state index contributed by atoms with van der Waals surface area (Å²) in [7, 11) is 0. The summed E-state index contributed by atoms with van der Waals surface area (Å²) in [4.78, 5) is 21.8. The van der Waals surface area contributed by atoms with Gasteiger partial charge in [0.15, 0.2) is 0 Å². The molecule has 2 rings (SSSR count). The van der Waals surface area contributed by atoms with Crippen LogP contribution in [0.15, 0.2) is 35.0 Å². The number of fused-ring (bicyclic) bond motifs is 1. The molecule has 8 heteroatoms. The number of hydrogen-bond donors (Lipinski definition) is 2. The Morgan fingerprint density at radius 1 is 1.28 bits per heavy atom. The average Bonchev–Trinajstić information content (AvgIpc) is 2.27. The number of carboxylic acid groups (broad SMARTS) is 2.